The first kappa shape index (κ1) is 20.4. The first-order chi connectivity index (χ1) is 13.6. The quantitative estimate of drug-likeness (QED) is 0.717. The number of halogens is 2. The molecule has 0 aromatic heterocycles. The molecule has 1 heterocycles. The van der Waals surface area contributed by atoms with Crippen molar-refractivity contribution in [3.8, 4) is 5.75 Å². The Labute approximate surface area is 170 Å². The molecule has 0 radical (unpaired) electrons. The van der Waals surface area contributed by atoms with Crippen LogP contribution in [-0.4, -0.2) is 57.2 Å². The second kappa shape index (κ2) is 9.75. The van der Waals surface area contributed by atoms with E-state index in [0.29, 0.717) is 12.1 Å². The number of amides is 1. The molecule has 1 N–H and O–H groups in total. The van der Waals surface area contributed by atoms with Crippen LogP contribution in [-0.2, 0) is 0 Å². The van der Waals surface area contributed by atoms with E-state index in [1.807, 2.05) is 12.1 Å². The van der Waals surface area contributed by atoms with Crippen molar-refractivity contribution in [1.82, 2.24) is 10.2 Å². The molecular formula is C21H25ClFN3O2. The second-order valence-corrected chi connectivity index (χ2v) is 7.17. The zero-order chi connectivity index (χ0) is 19.9. The van der Waals surface area contributed by atoms with Crippen LogP contribution in [0.1, 0.15) is 16.8 Å². The van der Waals surface area contributed by atoms with Crippen molar-refractivity contribution in [2.45, 2.75) is 6.42 Å². The van der Waals surface area contributed by atoms with Crippen LogP contribution in [0.5, 0.6) is 5.75 Å². The minimum Gasteiger partial charge on any atom is -0.497 e. The number of anilines is 1. The Morgan fingerprint density at radius 3 is 2.50 bits per heavy atom. The van der Waals surface area contributed by atoms with E-state index in [9.17, 15) is 9.18 Å². The lowest BCUT2D eigenvalue weighted by Crippen LogP contribution is -2.47. The van der Waals surface area contributed by atoms with E-state index < -0.39 is 5.82 Å². The third-order valence-electron chi connectivity index (χ3n) is 4.92. The van der Waals surface area contributed by atoms with E-state index in [0.717, 1.165) is 51.0 Å². The standard InChI is InChI=1S/C21H25ClFN3O2/c1-28-18-6-4-17(5-7-18)26-13-11-25(12-14-26)10-2-9-24-21(27)19-8-3-16(23)15-20(19)22/h3-8,15H,2,9-14H2,1H3,(H,24,27). The monoisotopic (exact) mass is 405 g/mol. The van der Waals surface area contributed by atoms with Gasteiger partial charge in [0.05, 0.1) is 17.7 Å². The fourth-order valence-corrected chi connectivity index (χ4v) is 3.55. The van der Waals surface area contributed by atoms with Crippen molar-refractivity contribution in [3.05, 3.63) is 58.9 Å². The molecule has 1 aliphatic rings. The van der Waals surface area contributed by atoms with Crippen LogP contribution in [0.2, 0.25) is 5.02 Å². The zero-order valence-electron chi connectivity index (χ0n) is 16.0. The molecule has 2 aromatic rings. The highest BCUT2D eigenvalue weighted by atomic mass is 35.5. The van der Waals surface area contributed by atoms with E-state index in [1.54, 1.807) is 7.11 Å². The largest absolute Gasteiger partial charge is 0.497 e. The molecule has 5 nitrogen and oxygen atoms in total. The van der Waals surface area contributed by atoms with Gasteiger partial charge in [-0.05, 0) is 55.4 Å². The molecule has 0 atom stereocenters. The predicted molar refractivity (Wildman–Crippen MR) is 110 cm³/mol. The summed E-state index contributed by atoms with van der Waals surface area (Å²) in [5, 5.41) is 2.98. The summed E-state index contributed by atoms with van der Waals surface area (Å²) in [5.41, 5.74) is 1.51. The van der Waals surface area contributed by atoms with Gasteiger partial charge in [0.1, 0.15) is 11.6 Å². The lowest BCUT2D eigenvalue weighted by atomic mass is 10.2. The normalized spacial score (nSPS) is 14.8. The van der Waals surface area contributed by atoms with Gasteiger partial charge in [0.25, 0.3) is 5.91 Å². The number of hydrogen-bond acceptors (Lipinski definition) is 4. The van der Waals surface area contributed by atoms with Crippen molar-refractivity contribution in [2.24, 2.45) is 0 Å². The fraction of sp³-hybridized carbons (Fsp3) is 0.381. The van der Waals surface area contributed by atoms with Crippen LogP contribution in [0.3, 0.4) is 0 Å². The summed E-state index contributed by atoms with van der Waals surface area (Å²) in [6.07, 6.45) is 0.854. The summed E-state index contributed by atoms with van der Waals surface area (Å²) in [4.78, 5) is 16.9. The van der Waals surface area contributed by atoms with Crippen LogP contribution in [0, 0.1) is 5.82 Å². The summed E-state index contributed by atoms with van der Waals surface area (Å²) >= 11 is 5.92. The number of methoxy groups -OCH3 is 1. The Balaban J connectivity index is 1.36. The number of benzene rings is 2. The van der Waals surface area contributed by atoms with E-state index in [-0.39, 0.29) is 10.9 Å². The molecule has 7 heteroatoms. The molecule has 1 amide bonds. The third-order valence-corrected chi connectivity index (χ3v) is 5.24. The highest BCUT2D eigenvalue weighted by molar-refractivity contribution is 6.33. The maximum atomic E-state index is 13.1. The van der Waals surface area contributed by atoms with Crippen molar-refractivity contribution in [3.63, 3.8) is 0 Å². The topological polar surface area (TPSA) is 44.8 Å². The molecule has 150 valence electrons. The zero-order valence-corrected chi connectivity index (χ0v) is 16.7. The van der Waals surface area contributed by atoms with Crippen molar-refractivity contribution in [2.75, 3.05) is 51.3 Å². The van der Waals surface area contributed by atoms with Crippen LogP contribution < -0.4 is 15.0 Å². The molecular weight excluding hydrogens is 381 g/mol. The Morgan fingerprint density at radius 1 is 1.14 bits per heavy atom. The summed E-state index contributed by atoms with van der Waals surface area (Å²) in [6.45, 7) is 5.42. The SMILES string of the molecule is COc1ccc(N2CCN(CCCNC(=O)c3ccc(F)cc3Cl)CC2)cc1. The Hall–Kier alpha value is -2.31. The van der Waals surface area contributed by atoms with E-state index in [4.69, 9.17) is 16.3 Å². The van der Waals surface area contributed by atoms with Crippen molar-refractivity contribution in [1.29, 1.82) is 0 Å². The number of carbonyl (C=O) groups excluding carboxylic acids is 1. The Bertz CT molecular complexity index is 793. The molecule has 3 rings (SSSR count). The maximum absolute atomic E-state index is 13.1. The average molecular weight is 406 g/mol. The lowest BCUT2D eigenvalue weighted by Gasteiger charge is -2.36. The van der Waals surface area contributed by atoms with Gasteiger partial charge in [-0.15, -0.1) is 0 Å². The van der Waals surface area contributed by atoms with Gasteiger partial charge in [0.2, 0.25) is 0 Å². The average Bonchev–Trinajstić information content (AvgIpc) is 2.71. The van der Waals surface area contributed by atoms with Gasteiger partial charge in [-0.3, -0.25) is 9.69 Å². The summed E-state index contributed by atoms with van der Waals surface area (Å²) < 4.78 is 18.3. The minimum atomic E-state index is -0.449. The van der Waals surface area contributed by atoms with Crippen LogP contribution in [0.4, 0.5) is 10.1 Å². The number of rotatable bonds is 7. The van der Waals surface area contributed by atoms with Crippen LogP contribution in [0.25, 0.3) is 0 Å². The summed E-state index contributed by atoms with van der Waals surface area (Å²) in [7, 11) is 1.67. The van der Waals surface area contributed by atoms with Gasteiger partial charge < -0.3 is 15.0 Å². The summed E-state index contributed by atoms with van der Waals surface area (Å²) in [6, 6.07) is 11.9. The van der Waals surface area contributed by atoms with Gasteiger partial charge in [-0.2, -0.15) is 0 Å². The van der Waals surface area contributed by atoms with Gasteiger partial charge >= 0.3 is 0 Å². The number of piperazine rings is 1. The first-order valence-electron chi connectivity index (χ1n) is 9.41. The number of carbonyl (C=O) groups is 1. The van der Waals surface area contributed by atoms with E-state index in [2.05, 4.69) is 27.2 Å². The Morgan fingerprint density at radius 2 is 1.86 bits per heavy atom. The number of hydrogen-bond donors (Lipinski definition) is 1. The van der Waals surface area contributed by atoms with Crippen molar-refractivity contribution >= 4 is 23.2 Å². The number of ether oxygens (including phenoxy) is 1. The van der Waals surface area contributed by atoms with Gasteiger partial charge in [0, 0.05) is 38.4 Å². The number of nitrogens with one attached hydrogen (secondary N) is 1. The van der Waals surface area contributed by atoms with Gasteiger partial charge in [-0.1, -0.05) is 11.6 Å². The molecule has 0 aliphatic carbocycles. The first-order valence-corrected chi connectivity index (χ1v) is 9.79. The molecule has 1 aliphatic heterocycles. The molecule has 0 saturated carbocycles. The second-order valence-electron chi connectivity index (χ2n) is 6.76. The molecule has 0 bridgehead atoms. The van der Waals surface area contributed by atoms with E-state index >= 15 is 0 Å². The molecule has 1 fully saturated rings. The smallest absolute Gasteiger partial charge is 0.252 e. The van der Waals surface area contributed by atoms with Gasteiger partial charge in [-0.25, -0.2) is 4.39 Å². The molecule has 1 saturated heterocycles. The van der Waals surface area contributed by atoms with Crippen molar-refractivity contribution < 1.29 is 13.9 Å². The highest BCUT2D eigenvalue weighted by Gasteiger charge is 2.17. The lowest BCUT2D eigenvalue weighted by molar-refractivity contribution is 0.0951. The Kier molecular flexibility index (Phi) is 7.12. The predicted octanol–water partition coefficient (Wildman–Crippen LogP) is 3.43. The number of nitrogens with zero attached hydrogens (tertiary/aromatic N) is 2. The molecule has 0 unspecified atom stereocenters. The minimum absolute atomic E-state index is 0.132. The van der Waals surface area contributed by atoms with E-state index in [1.165, 1.54) is 17.8 Å². The fourth-order valence-electron chi connectivity index (χ4n) is 3.30. The van der Waals surface area contributed by atoms with Crippen LogP contribution >= 0.6 is 11.6 Å². The maximum Gasteiger partial charge on any atom is 0.252 e. The van der Waals surface area contributed by atoms with Gasteiger partial charge in [0.15, 0.2) is 0 Å². The highest BCUT2D eigenvalue weighted by Crippen LogP contribution is 2.20. The third kappa shape index (κ3) is 5.36. The van der Waals surface area contributed by atoms with Crippen LogP contribution in [0.15, 0.2) is 42.5 Å². The molecule has 28 heavy (non-hydrogen) atoms. The molecule has 0 spiro atoms. The summed E-state index contributed by atoms with van der Waals surface area (Å²) in [5.74, 6) is 0.149. The molecule has 2 aromatic carbocycles.